The topological polar surface area (TPSA) is 72.3 Å². The maximum atomic E-state index is 12.7. The second kappa shape index (κ2) is 5.07. The lowest BCUT2D eigenvalue weighted by Crippen LogP contribution is -2.53. The largest absolute Gasteiger partial charge is 0.282 e. The highest BCUT2D eigenvalue weighted by Crippen LogP contribution is 2.20. The fourth-order valence-corrected chi connectivity index (χ4v) is 3.02. The Bertz CT molecular complexity index is 812. The number of carbonyl (C=O) groups excluding carboxylic acids is 2. The first-order valence-electron chi connectivity index (χ1n) is 6.54. The van der Waals surface area contributed by atoms with Crippen LogP contribution in [0.3, 0.4) is 0 Å². The summed E-state index contributed by atoms with van der Waals surface area (Å²) in [4.78, 5) is 41.1. The summed E-state index contributed by atoms with van der Waals surface area (Å²) >= 11 is 3.32. The smallest absolute Gasteiger partial charge is 0.273 e. The molecule has 1 aliphatic heterocycles. The highest BCUT2D eigenvalue weighted by molar-refractivity contribution is 9.10. The zero-order chi connectivity index (χ0) is 15.1. The summed E-state index contributed by atoms with van der Waals surface area (Å²) in [6, 6.07) is 5.23. The predicted molar refractivity (Wildman–Crippen MR) is 80.5 cm³/mol. The number of carbonyl (C=O) groups is 2. The highest BCUT2D eigenvalue weighted by Gasteiger charge is 2.30. The number of piperidine rings is 1. The standard InChI is InChI=1S/C14H12BrN3O3/c1-8-16-10-5-2-4-9(15)13(10)14(21)17(8)18-11(19)6-3-7-12(18)20/h2,4-5H,3,6-7H2,1H3. The number of nitrogens with zero attached hydrogens (tertiary/aromatic N) is 3. The lowest BCUT2D eigenvalue weighted by Gasteiger charge is -2.27. The molecule has 7 heteroatoms. The lowest BCUT2D eigenvalue weighted by atomic mass is 10.1. The van der Waals surface area contributed by atoms with Crippen LogP contribution >= 0.6 is 15.9 Å². The van der Waals surface area contributed by atoms with Gasteiger partial charge in [-0.2, -0.15) is 9.69 Å². The molecule has 0 radical (unpaired) electrons. The number of halogens is 1. The van der Waals surface area contributed by atoms with E-state index >= 15 is 0 Å². The summed E-state index contributed by atoms with van der Waals surface area (Å²) in [6.07, 6.45) is 1.03. The van der Waals surface area contributed by atoms with E-state index in [2.05, 4.69) is 20.9 Å². The van der Waals surface area contributed by atoms with Gasteiger partial charge in [-0.15, -0.1) is 0 Å². The van der Waals surface area contributed by atoms with Crippen LogP contribution in [-0.4, -0.2) is 21.5 Å². The molecule has 2 aromatic rings. The average molecular weight is 350 g/mol. The summed E-state index contributed by atoms with van der Waals surface area (Å²) in [6.45, 7) is 1.61. The Balaban J connectivity index is 2.33. The quantitative estimate of drug-likeness (QED) is 0.733. The molecular formula is C14H12BrN3O3. The summed E-state index contributed by atoms with van der Waals surface area (Å²) in [5.74, 6) is -0.427. The van der Waals surface area contributed by atoms with Gasteiger partial charge in [0.15, 0.2) is 0 Å². The van der Waals surface area contributed by atoms with Gasteiger partial charge in [-0.1, -0.05) is 6.07 Å². The number of aromatic nitrogens is 2. The Hall–Kier alpha value is -2.02. The van der Waals surface area contributed by atoms with Gasteiger partial charge in [0.1, 0.15) is 5.82 Å². The van der Waals surface area contributed by atoms with E-state index in [-0.39, 0.29) is 24.7 Å². The van der Waals surface area contributed by atoms with Gasteiger partial charge in [0.25, 0.3) is 5.56 Å². The van der Waals surface area contributed by atoms with Gasteiger partial charge in [0.2, 0.25) is 11.8 Å². The van der Waals surface area contributed by atoms with E-state index in [4.69, 9.17) is 0 Å². The fourth-order valence-electron chi connectivity index (χ4n) is 2.49. The van der Waals surface area contributed by atoms with Crippen molar-refractivity contribution in [1.82, 2.24) is 9.66 Å². The van der Waals surface area contributed by atoms with E-state index in [1.54, 1.807) is 25.1 Å². The first-order valence-corrected chi connectivity index (χ1v) is 7.34. The zero-order valence-corrected chi connectivity index (χ0v) is 12.9. The molecule has 1 aromatic carbocycles. The first-order chi connectivity index (χ1) is 10.0. The number of hydrogen-bond acceptors (Lipinski definition) is 4. The minimum Gasteiger partial charge on any atom is -0.273 e. The Morgan fingerprint density at radius 3 is 2.48 bits per heavy atom. The molecule has 108 valence electrons. The molecule has 0 spiro atoms. The van der Waals surface area contributed by atoms with Crippen molar-refractivity contribution in [3.63, 3.8) is 0 Å². The van der Waals surface area contributed by atoms with E-state index in [0.717, 1.165) is 9.69 Å². The van der Waals surface area contributed by atoms with Crippen molar-refractivity contribution >= 4 is 38.6 Å². The number of amides is 2. The van der Waals surface area contributed by atoms with Gasteiger partial charge in [-0.05, 0) is 41.4 Å². The molecule has 1 saturated heterocycles. The zero-order valence-electron chi connectivity index (χ0n) is 11.3. The summed E-state index contributed by atoms with van der Waals surface area (Å²) < 4.78 is 1.67. The van der Waals surface area contributed by atoms with Crippen LogP contribution in [0, 0.1) is 6.92 Å². The minimum absolute atomic E-state index is 0.256. The molecule has 3 rings (SSSR count). The molecule has 1 aromatic heterocycles. The molecule has 6 nitrogen and oxygen atoms in total. The first kappa shape index (κ1) is 13.9. The molecule has 0 unspecified atom stereocenters. The van der Waals surface area contributed by atoms with E-state index in [9.17, 15) is 14.4 Å². The summed E-state index contributed by atoms with van der Waals surface area (Å²) in [7, 11) is 0. The minimum atomic E-state index is -0.423. The molecule has 1 aliphatic rings. The normalized spacial score (nSPS) is 15.8. The van der Waals surface area contributed by atoms with Crippen LogP contribution in [0.2, 0.25) is 0 Å². The van der Waals surface area contributed by atoms with Crippen LogP contribution in [0.1, 0.15) is 25.1 Å². The molecule has 0 N–H and O–H groups in total. The number of benzene rings is 1. The summed E-state index contributed by atoms with van der Waals surface area (Å²) in [5, 5.41) is 1.28. The molecule has 2 heterocycles. The number of fused-ring (bicyclic) bond motifs is 1. The van der Waals surface area contributed by atoms with E-state index in [1.165, 1.54) is 0 Å². The van der Waals surface area contributed by atoms with Crippen molar-refractivity contribution in [1.29, 1.82) is 0 Å². The number of aryl methyl sites for hydroxylation is 1. The van der Waals surface area contributed by atoms with Gasteiger partial charge in [0.05, 0.1) is 10.9 Å². The van der Waals surface area contributed by atoms with Gasteiger partial charge < -0.3 is 0 Å². The van der Waals surface area contributed by atoms with Crippen LogP contribution in [-0.2, 0) is 9.59 Å². The molecule has 0 aliphatic carbocycles. The number of hydrogen-bond donors (Lipinski definition) is 0. The number of rotatable bonds is 1. The third-order valence-electron chi connectivity index (χ3n) is 3.44. The molecule has 2 amide bonds. The van der Waals surface area contributed by atoms with Crippen LogP contribution in [0.25, 0.3) is 10.9 Å². The number of imide groups is 1. The Labute approximate surface area is 128 Å². The van der Waals surface area contributed by atoms with Crippen LogP contribution in [0.5, 0.6) is 0 Å². The fraction of sp³-hybridized carbons (Fsp3) is 0.286. The maximum absolute atomic E-state index is 12.7. The maximum Gasteiger partial charge on any atom is 0.282 e. The Morgan fingerprint density at radius 1 is 1.14 bits per heavy atom. The van der Waals surface area contributed by atoms with E-state index < -0.39 is 5.56 Å². The van der Waals surface area contributed by atoms with Crippen molar-refractivity contribution < 1.29 is 9.59 Å². The second-order valence-electron chi connectivity index (χ2n) is 4.86. The molecule has 0 saturated carbocycles. The highest BCUT2D eigenvalue weighted by atomic mass is 79.9. The van der Waals surface area contributed by atoms with Crippen LogP contribution in [0.15, 0.2) is 27.5 Å². The monoisotopic (exact) mass is 349 g/mol. The molecule has 0 atom stereocenters. The summed E-state index contributed by atoms with van der Waals surface area (Å²) in [5.41, 5.74) is 0.105. The van der Waals surface area contributed by atoms with Gasteiger partial charge in [-0.25, -0.2) is 4.98 Å². The van der Waals surface area contributed by atoms with Crippen LogP contribution < -0.4 is 10.6 Å². The Kier molecular flexibility index (Phi) is 3.36. The van der Waals surface area contributed by atoms with Gasteiger partial charge >= 0.3 is 0 Å². The molecule has 1 fully saturated rings. The van der Waals surface area contributed by atoms with Crippen molar-refractivity contribution in [3.8, 4) is 0 Å². The Morgan fingerprint density at radius 2 is 1.81 bits per heavy atom. The third kappa shape index (κ3) is 2.17. The van der Waals surface area contributed by atoms with Gasteiger partial charge in [0, 0.05) is 17.3 Å². The second-order valence-corrected chi connectivity index (χ2v) is 5.72. The van der Waals surface area contributed by atoms with Crippen molar-refractivity contribution in [2.24, 2.45) is 0 Å². The van der Waals surface area contributed by atoms with Crippen molar-refractivity contribution in [2.75, 3.05) is 5.01 Å². The average Bonchev–Trinajstić information content (AvgIpc) is 2.41. The molecular weight excluding hydrogens is 338 g/mol. The van der Waals surface area contributed by atoms with Crippen molar-refractivity contribution in [2.45, 2.75) is 26.2 Å². The SMILES string of the molecule is Cc1nc2cccc(Br)c2c(=O)n1N1C(=O)CCCC1=O. The molecule has 0 bridgehead atoms. The van der Waals surface area contributed by atoms with E-state index in [0.29, 0.717) is 27.6 Å². The lowest BCUT2D eigenvalue weighted by molar-refractivity contribution is -0.131. The predicted octanol–water partition coefficient (Wildman–Crippen LogP) is 1.64. The van der Waals surface area contributed by atoms with E-state index in [1.807, 2.05) is 0 Å². The van der Waals surface area contributed by atoms with Crippen LogP contribution in [0.4, 0.5) is 0 Å². The third-order valence-corrected chi connectivity index (χ3v) is 4.10. The van der Waals surface area contributed by atoms with Crippen molar-refractivity contribution in [3.05, 3.63) is 38.9 Å². The van der Waals surface area contributed by atoms with Gasteiger partial charge in [-0.3, -0.25) is 14.4 Å². The molecule has 21 heavy (non-hydrogen) atoms.